The first-order valence-corrected chi connectivity index (χ1v) is 4.34. The highest BCUT2D eigenvalue weighted by molar-refractivity contribution is 5.34. The third-order valence-electron chi connectivity index (χ3n) is 2.16. The van der Waals surface area contributed by atoms with Gasteiger partial charge in [-0.3, -0.25) is 0 Å². The summed E-state index contributed by atoms with van der Waals surface area (Å²) in [7, 11) is 0. The third kappa shape index (κ3) is 1.52. The van der Waals surface area contributed by atoms with Crippen molar-refractivity contribution in [1.29, 1.82) is 0 Å². The normalized spacial score (nSPS) is 17.8. The molecule has 1 aliphatic rings. The highest BCUT2D eigenvalue weighted by Crippen LogP contribution is 2.14. The first kappa shape index (κ1) is 7.46. The van der Waals surface area contributed by atoms with Gasteiger partial charge < -0.3 is 4.90 Å². The number of nitrogens with zero attached hydrogens (tertiary/aromatic N) is 4. The van der Waals surface area contributed by atoms with Crippen LogP contribution in [0, 0.1) is 0 Å². The molecule has 64 valence electrons. The molecule has 0 amide bonds. The van der Waals surface area contributed by atoms with E-state index in [1.807, 2.05) is 0 Å². The molecule has 0 N–H and O–H groups in total. The molecular weight excluding hydrogens is 152 g/mol. The van der Waals surface area contributed by atoms with Crippen LogP contribution in [0.2, 0.25) is 0 Å². The Kier molecular flexibility index (Phi) is 2.16. The summed E-state index contributed by atoms with van der Waals surface area (Å²) in [5, 5.41) is 7.46. The van der Waals surface area contributed by atoms with Crippen molar-refractivity contribution < 1.29 is 0 Å². The molecular formula is C8H12N4. The number of hydrogen-bond donors (Lipinski definition) is 0. The molecule has 1 saturated heterocycles. The van der Waals surface area contributed by atoms with Gasteiger partial charge >= 0.3 is 0 Å². The van der Waals surface area contributed by atoms with Crippen molar-refractivity contribution in [2.45, 2.75) is 19.3 Å². The molecule has 2 rings (SSSR count). The van der Waals surface area contributed by atoms with Crippen LogP contribution >= 0.6 is 0 Å². The lowest BCUT2D eigenvalue weighted by Gasteiger charge is -2.26. The molecule has 4 heteroatoms. The molecule has 12 heavy (non-hydrogen) atoms. The Morgan fingerprint density at radius 3 is 2.58 bits per heavy atom. The van der Waals surface area contributed by atoms with Crippen molar-refractivity contribution in [2.24, 2.45) is 0 Å². The van der Waals surface area contributed by atoms with Crippen LogP contribution in [0.3, 0.4) is 0 Å². The predicted molar refractivity (Wildman–Crippen MR) is 45.9 cm³/mol. The molecule has 0 unspecified atom stereocenters. The van der Waals surface area contributed by atoms with Gasteiger partial charge in [0.25, 0.3) is 0 Å². The zero-order chi connectivity index (χ0) is 8.23. The van der Waals surface area contributed by atoms with Gasteiger partial charge in [0, 0.05) is 13.1 Å². The van der Waals surface area contributed by atoms with E-state index in [-0.39, 0.29) is 0 Å². The van der Waals surface area contributed by atoms with Crippen LogP contribution < -0.4 is 4.90 Å². The summed E-state index contributed by atoms with van der Waals surface area (Å²) in [6, 6.07) is 0. The van der Waals surface area contributed by atoms with Crippen molar-refractivity contribution in [1.82, 2.24) is 15.2 Å². The first-order chi connectivity index (χ1) is 5.97. The summed E-state index contributed by atoms with van der Waals surface area (Å²) >= 11 is 0. The maximum atomic E-state index is 4.15. The monoisotopic (exact) mass is 164 g/mol. The van der Waals surface area contributed by atoms with Gasteiger partial charge in [-0.15, -0.1) is 5.10 Å². The van der Waals surface area contributed by atoms with E-state index in [2.05, 4.69) is 20.1 Å². The predicted octanol–water partition coefficient (Wildman–Crippen LogP) is 0.862. The second-order valence-electron chi connectivity index (χ2n) is 3.01. The first-order valence-electron chi connectivity index (χ1n) is 4.34. The summed E-state index contributed by atoms with van der Waals surface area (Å²) in [5.74, 6) is 0.963. The molecule has 0 spiro atoms. The quantitative estimate of drug-likeness (QED) is 0.617. The maximum Gasteiger partial charge on any atom is 0.150 e. The molecule has 0 aromatic carbocycles. The van der Waals surface area contributed by atoms with Crippen molar-refractivity contribution in [3.05, 3.63) is 12.5 Å². The van der Waals surface area contributed by atoms with Crippen LogP contribution in [0.15, 0.2) is 12.5 Å². The number of aromatic nitrogens is 3. The van der Waals surface area contributed by atoms with Crippen LogP contribution in [-0.4, -0.2) is 28.3 Å². The zero-order valence-corrected chi connectivity index (χ0v) is 6.98. The average Bonchev–Trinajstić information content (AvgIpc) is 2.21. The summed E-state index contributed by atoms with van der Waals surface area (Å²) in [6.07, 6.45) is 7.11. The molecule has 0 bridgehead atoms. The number of anilines is 1. The Morgan fingerprint density at radius 1 is 1.08 bits per heavy atom. The molecule has 0 aliphatic carbocycles. The summed E-state index contributed by atoms with van der Waals surface area (Å²) in [5.41, 5.74) is 0. The lowest BCUT2D eigenvalue weighted by Crippen LogP contribution is -2.30. The number of piperidine rings is 1. The molecule has 0 atom stereocenters. The molecule has 0 saturated carbocycles. The van der Waals surface area contributed by atoms with E-state index in [4.69, 9.17) is 0 Å². The van der Waals surface area contributed by atoms with E-state index in [1.165, 1.54) is 25.6 Å². The fourth-order valence-electron chi connectivity index (χ4n) is 1.52. The van der Waals surface area contributed by atoms with Crippen LogP contribution in [0.5, 0.6) is 0 Å². The standard InChI is InChI=1S/C8H12N4/c1-2-4-12(5-3-1)8-6-10-11-7-9-8/h6-7H,1-5H2. The average molecular weight is 164 g/mol. The Hall–Kier alpha value is -1.19. The van der Waals surface area contributed by atoms with E-state index >= 15 is 0 Å². The van der Waals surface area contributed by atoms with Gasteiger partial charge in [-0.25, -0.2) is 4.98 Å². The van der Waals surface area contributed by atoms with E-state index in [0.717, 1.165) is 18.9 Å². The lowest BCUT2D eigenvalue weighted by molar-refractivity contribution is 0.571. The van der Waals surface area contributed by atoms with Crippen molar-refractivity contribution in [2.75, 3.05) is 18.0 Å². The smallest absolute Gasteiger partial charge is 0.150 e. The van der Waals surface area contributed by atoms with Crippen LogP contribution in [0.25, 0.3) is 0 Å². The van der Waals surface area contributed by atoms with Gasteiger partial charge in [0.1, 0.15) is 6.33 Å². The number of rotatable bonds is 1. The zero-order valence-electron chi connectivity index (χ0n) is 6.98. The largest absolute Gasteiger partial charge is 0.355 e. The minimum Gasteiger partial charge on any atom is -0.355 e. The topological polar surface area (TPSA) is 41.9 Å². The molecule has 1 aromatic heterocycles. The van der Waals surface area contributed by atoms with Crippen LogP contribution in [0.1, 0.15) is 19.3 Å². The highest BCUT2D eigenvalue weighted by Gasteiger charge is 2.11. The van der Waals surface area contributed by atoms with Gasteiger partial charge in [-0.1, -0.05) is 0 Å². The molecule has 1 aliphatic heterocycles. The van der Waals surface area contributed by atoms with Crippen molar-refractivity contribution >= 4 is 5.82 Å². The SMILES string of the molecule is c1nncc(N2CCCCC2)n1. The molecule has 1 fully saturated rings. The van der Waals surface area contributed by atoms with Crippen molar-refractivity contribution in [3.8, 4) is 0 Å². The van der Waals surface area contributed by atoms with Gasteiger partial charge in [-0.05, 0) is 19.3 Å². The molecule has 1 aromatic rings. The Balaban J connectivity index is 2.08. The van der Waals surface area contributed by atoms with Crippen LogP contribution in [-0.2, 0) is 0 Å². The van der Waals surface area contributed by atoms with Gasteiger partial charge in [0.15, 0.2) is 5.82 Å². The molecule has 2 heterocycles. The van der Waals surface area contributed by atoms with E-state index < -0.39 is 0 Å². The van der Waals surface area contributed by atoms with E-state index in [9.17, 15) is 0 Å². The van der Waals surface area contributed by atoms with E-state index in [0.29, 0.717) is 0 Å². The second kappa shape index (κ2) is 3.47. The lowest BCUT2D eigenvalue weighted by atomic mass is 10.1. The summed E-state index contributed by atoms with van der Waals surface area (Å²) < 4.78 is 0. The summed E-state index contributed by atoms with van der Waals surface area (Å²) in [4.78, 5) is 6.42. The maximum absolute atomic E-state index is 4.15. The minimum absolute atomic E-state index is 0.963. The van der Waals surface area contributed by atoms with E-state index in [1.54, 1.807) is 6.20 Å². The van der Waals surface area contributed by atoms with Gasteiger partial charge in [-0.2, -0.15) is 5.10 Å². The highest BCUT2D eigenvalue weighted by atomic mass is 15.2. The second-order valence-corrected chi connectivity index (χ2v) is 3.01. The Bertz CT molecular complexity index is 230. The third-order valence-corrected chi connectivity index (χ3v) is 2.16. The molecule has 0 radical (unpaired) electrons. The van der Waals surface area contributed by atoms with Crippen molar-refractivity contribution in [3.63, 3.8) is 0 Å². The fourth-order valence-corrected chi connectivity index (χ4v) is 1.52. The fraction of sp³-hybridized carbons (Fsp3) is 0.625. The van der Waals surface area contributed by atoms with Gasteiger partial charge in [0.2, 0.25) is 0 Å². The number of hydrogen-bond acceptors (Lipinski definition) is 4. The summed E-state index contributed by atoms with van der Waals surface area (Å²) in [6.45, 7) is 2.22. The molecule has 4 nitrogen and oxygen atoms in total. The Labute approximate surface area is 71.6 Å². The van der Waals surface area contributed by atoms with Gasteiger partial charge in [0.05, 0.1) is 6.20 Å². The minimum atomic E-state index is 0.963. The van der Waals surface area contributed by atoms with Crippen LogP contribution in [0.4, 0.5) is 5.82 Å². The Morgan fingerprint density at radius 2 is 1.92 bits per heavy atom.